The minimum atomic E-state index is -0.612. The molecule has 0 spiro atoms. The summed E-state index contributed by atoms with van der Waals surface area (Å²) in [6.07, 6.45) is 2.12. The molecule has 0 aliphatic carbocycles. The minimum absolute atomic E-state index is 0.0277. The van der Waals surface area contributed by atoms with Gasteiger partial charge in [0.1, 0.15) is 6.04 Å². The summed E-state index contributed by atoms with van der Waals surface area (Å²) < 4.78 is 0. The van der Waals surface area contributed by atoms with E-state index in [1.165, 1.54) is 11.3 Å². The van der Waals surface area contributed by atoms with Crippen molar-refractivity contribution in [1.29, 1.82) is 0 Å². The van der Waals surface area contributed by atoms with Gasteiger partial charge in [-0.05, 0) is 60.9 Å². The lowest BCUT2D eigenvalue weighted by atomic mass is 9.88. The van der Waals surface area contributed by atoms with Gasteiger partial charge in [-0.25, -0.2) is 0 Å². The van der Waals surface area contributed by atoms with Crippen molar-refractivity contribution >= 4 is 40.7 Å². The first-order valence-corrected chi connectivity index (χ1v) is 11.4. The monoisotopic (exact) mass is 447 g/mol. The zero-order valence-corrected chi connectivity index (χ0v) is 18.5. The molecule has 0 radical (unpaired) electrons. The van der Waals surface area contributed by atoms with Gasteiger partial charge in [0.25, 0.3) is 11.8 Å². The lowest BCUT2D eigenvalue weighted by Gasteiger charge is -2.35. The molecule has 6 nitrogen and oxygen atoms in total. The smallest absolute Gasteiger partial charge is 0.262 e. The average Bonchev–Trinajstić information content (AvgIpc) is 3.31. The highest BCUT2D eigenvalue weighted by atomic mass is 35.5. The molecule has 1 atom stereocenters. The van der Waals surface area contributed by atoms with E-state index in [0.717, 1.165) is 6.42 Å². The summed E-state index contributed by atoms with van der Waals surface area (Å²) in [7, 11) is 0. The first-order chi connectivity index (χ1) is 14.5. The van der Waals surface area contributed by atoms with Crippen LogP contribution in [0.2, 0.25) is 5.02 Å². The van der Waals surface area contributed by atoms with Gasteiger partial charge in [0, 0.05) is 30.2 Å². The van der Waals surface area contributed by atoms with Gasteiger partial charge >= 0.3 is 0 Å². The molecule has 1 aliphatic heterocycles. The van der Waals surface area contributed by atoms with E-state index in [1.54, 1.807) is 35.2 Å². The molecule has 1 aromatic carbocycles. The van der Waals surface area contributed by atoms with Crippen molar-refractivity contribution in [3.63, 3.8) is 0 Å². The SMILES string of the molecule is CCCNC(=O)[C@@H](NC(=O)c1cccs1)C1CCN(C(=O)c2ccc(Cl)cc2)CC1. The van der Waals surface area contributed by atoms with E-state index < -0.39 is 6.04 Å². The van der Waals surface area contributed by atoms with E-state index >= 15 is 0 Å². The zero-order chi connectivity index (χ0) is 21.5. The minimum Gasteiger partial charge on any atom is -0.354 e. The molecule has 8 heteroatoms. The largest absolute Gasteiger partial charge is 0.354 e. The highest BCUT2D eigenvalue weighted by Gasteiger charge is 2.34. The number of rotatable bonds is 7. The number of nitrogens with zero attached hydrogens (tertiary/aromatic N) is 1. The van der Waals surface area contributed by atoms with Gasteiger partial charge in [0.05, 0.1) is 4.88 Å². The van der Waals surface area contributed by atoms with Crippen LogP contribution < -0.4 is 10.6 Å². The van der Waals surface area contributed by atoms with Crippen molar-refractivity contribution in [3.8, 4) is 0 Å². The Hall–Kier alpha value is -2.38. The van der Waals surface area contributed by atoms with Crippen molar-refractivity contribution in [2.75, 3.05) is 19.6 Å². The molecule has 160 valence electrons. The summed E-state index contributed by atoms with van der Waals surface area (Å²) in [5, 5.41) is 8.25. The third-order valence-electron chi connectivity index (χ3n) is 5.25. The van der Waals surface area contributed by atoms with Gasteiger partial charge in [-0.3, -0.25) is 14.4 Å². The second-order valence-corrected chi connectivity index (χ2v) is 8.74. The molecule has 0 unspecified atom stereocenters. The van der Waals surface area contributed by atoms with Crippen LogP contribution in [-0.2, 0) is 4.79 Å². The normalized spacial score (nSPS) is 15.5. The molecule has 0 saturated carbocycles. The lowest BCUT2D eigenvalue weighted by Crippen LogP contribution is -2.53. The van der Waals surface area contributed by atoms with Crippen molar-refractivity contribution in [3.05, 3.63) is 57.2 Å². The molecule has 1 fully saturated rings. The summed E-state index contributed by atoms with van der Waals surface area (Å²) in [6, 6.07) is 9.80. The molecular formula is C22H26ClN3O3S. The van der Waals surface area contributed by atoms with E-state index in [-0.39, 0.29) is 23.6 Å². The van der Waals surface area contributed by atoms with Crippen molar-refractivity contribution in [1.82, 2.24) is 15.5 Å². The van der Waals surface area contributed by atoms with E-state index in [0.29, 0.717) is 47.9 Å². The lowest BCUT2D eigenvalue weighted by molar-refractivity contribution is -0.124. The Morgan fingerprint density at radius 3 is 2.47 bits per heavy atom. The number of likely N-dealkylation sites (tertiary alicyclic amines) is 1. The fraction of sp³-hybridized carbons (Fsp3) is 0.409. The molecule has 1 saturated heterocycles. The number of benzene rings is 1. The number of nitrogens with one attached hydrogen (secondary N) is 2. The summed E-state index contributed by atoms with van der Waals surface area (Å²) >= 11 is 7.25. The third kappa shape index (κ3) is 5.61. The number of carbonyl (C=O) groups is 3. The number of thiophene rings is 1. The zero-order valence-electron chi connectivity index (χ0n) is 16.9. The summed E-state index contributed by atoms with van der Waals surface area (Å²) in [4.78, 5) is 40.4. The van der Waals surface area contributed by atoms with Crippen LogP contribution in [0.4, 0.5) is 0 Å². The van der Waals surface area contributed by atoms with Gasteiger partial charge in [-0.15, -0.1) is 11.3 Å². The number of hydrogen-bond acceptors (Lipinski definition) is 4. The number of hydrogen-bond donors (Lipinski definition) is 2. The van der Waals surface area contributed by atoms with Gasteiger partial charge in [0.15, 0.2) is 0 Å². The van der Waals surface area contributed by atoms with Gasteiger partial charge in [0.2, 0.25) is 5.91 Å². The van der Waals surface area contributed by atoms with Gasteiger partial charge in [-0.1, -0.05) is 24.6 Å². The third-order valence-corrected chi connectivity index (χ3v) is 6.37. The first kappa shape index (κ1) is 22.3. The Bertz CT molecular complexity index is 862. The maximum Gasteiger partial charge on any atom is 0.262 e. The number of piperidine rings is 1. The van der Waals surface area contributed by atoms with Crippen LogP contribution in [0, 0.1) is 5.92 Å². The molecule has 3 rings (SSSR count). The van der Waals surface area contributed by atoms with E-state index in [1.807, 2.05) is 18.4 Å². The Labute approximate surface area is 185 Å². The topological polar surface area (TPSA) is 78.5 Å². The van der Waals surface area contributed by atoms with E-state index in [2.05, 4.69) is 10.6 Å². The predicted octanol–water partition coefficient (Wildman–Crippen LogP) is 3.58. The molecule has 2 heterocycles. The van der Waals surface area contributed by atoms with E-state index in [9.17, 15) is 14.4 Å². The second kappa shape index (κ2) is 10.6. The van der Waals surface area contributed by atoms with Crippen molar-refractivity contribution < 1.29 is 14.4 Å². The number of carbonyl (C=O) groups excluding carboxylic acids is 3. The Morgan fingerprint density at radius 1 is 1.17 bits per heavy atom. The molecule has 30 heavy (non-hydrogen) atoms. The molecule has 2 aromatic rings. The van der Waals surface area contributed by atoms with Crippen molar-refractivity contribution in [2.45, 2.75) is 32.2 Å². The predicted molar refractivity (Wildman–Crippen MR) is 119 cm³/mol. The number of amides is 3. The van der Waals surface area contributed by atoms with Crippen LogP contribution in [0.25, 0.3) is 0 Å². The highest BCUT2D eigenvalue weighted by Crippen LogP contribution is 2.23. The van der Waals surface area contributed by atoms with E-state index in [4.69, 9.17) is 11.6 Å². The molecule has 0 bridgehead atoms. The summed E-state index contributed by atoms with van der Waals surface area (Å²) in [6.45, 7) is 3.63. The van der Waals surface area contributed by atoms with Gasteiger partial charge < -0.3 is 15.5 Å². The highest BCUT2D eigenvalue weighted by molar-refractivity contribution is 7.12. The summed E-state index contributed by atoms with van der Waals surface area (Å²) in [5.41, 5.74) is 0.598. The average molecular weight is 448 g/mol. The Kier molecular flexibility index (Phi) is 7.87. The quantitative estimate of drug-likeness (QED) is 0.680. The molecule has 1 aromatic heterocycles. The van der Waals surface area contributed by atoms with Gasteiger partial charge in [-0.2, -0.15) is 0 Å². The maximum atomic E-state index is 12.8. The molecular weight excluding hydrogens is 422 g/mol. The standard InChI is InChI=1S/C22H26ClN3O3S/c1-2-11-24-21(28)19(25-20(27)18-4-3-14-30-18)15-9-12-26(13-10-15)22(29)16-5-7-17(23)8-6-16/h3-8,14-15,19H,2,9-13H2,1H3,(H,24,28)(H,25,27)/t19-/m0/s1. The number of halogens is 1. The van der Waals surface area contributed by atoms with Crippen LogP contribution in [-0.4, -0.2) is 48.3 Å². The van der Waals surface area contributed by atoms with Crippen LogP contribution in [0.15, 0.2) is 41.8 Å². The van der Waals surface area contributed by atoms with Crippen LogP contribution in [0.1, 0.15) is 46.2 Å². The summed E-state index contributed by atoms with van der Waals surface area (Å²) in [5.74, 6) is -0.467. The second-order valence-electron chi connectivity index (χ2n) is 7.36. The van der Waals surface area contributed by atoms with Crippen LogP contribution >= 0.6 is 22.9 Å². The first-order valence-electron chi connectivity index (χ1n) is 10.2. The Balaban J connectivity index is 1.64. The molecule has 1 aliphatic rings. The molecule has 2 N–H and O–H groups in total. The molecule has 3 amide bonds. The fourth-order valence-corrected chi connectivity index (χ4v) is 4.34. The maximum absolute atomic E-state index is 12.8. The van der Waals surface area contributed by atoms with Crippen LogP contribution in [0.3, 0.4) is 0 Å². The van der Waals surface area contributed by atoms with Crippen molar-refractivity contribution in [2.24, 2.45) is 5.92 Å². The van der Waals surface area contributed by atoms with Crippen LogP contribution in [0.5, 0.6) is 0 Å². The Morgan fingerprint density at radius 2 is 1.87 bits per heavy atom. The fourth-order valence-electron chi connectivity index (χ4n) is 3.59.